The van der Waals surface area contributed by atoms with Crippen molar-refractivity contribution in [2.24, 2.45) is 0 Å². The molecule has 112 valence electrons. The second kappa shape index (κ2) is 4.98. The Morgan fingerprint density at radius 2 is 1.73 bits per heavy atom. The van der Waals surface area contributed by atoms with Crippen molar-refractivity contribution in [1.82, 2.24) is 0 Å². The molecule has 1 amide bonds. The van der Waals surface area contributed by atoms with E-state index in [9.17, 15) is 22.4 Å². The van der Waals surface area contributed by atoms with E-state index in [1.54, 1.807) is 24.3 Å². The molecule has 0 saturated heterocycles. The summed E-state index contributed by atoms with van der Waals surface area (Å²) in [4.78, 5) is 11.9. The highest BCUT2D eigenvalue weighted by atomic mass is 19.4. The van der Waals surface area contributed by atoms with E-state index in [1.807, 2.05) is 0 Å². The van der Waals surface area contributed by atoms with Gasteiger partial charge in [-0.25, -0.2) is 4.39 Å². The van der Waals surface area contributed by atoms with Crippen LogP contribution in [0.5, 0.6) is 0 Å². The molecule has 2 aromatic carbocycles. The number of amides is 1. The van der Waals surface area contributed by atoms with E-state index < -0.39 is 23.5 Å². The van der Waals surface area contributed by atoms with Gasteiger partial charge in [0.1, 0.15) is 5.82 Å². The topological polar surface area (TPSA) is 29.1 Å². The van der Waals surface area contributed by atoms with Crippen molar-refractivity contribution in [3.63, 3.8) is 0 Å². The summed E-state index contributed by atoms with van der Waals surface area (Å²) >= 11 is 0. The Bertz CT molecular complexity index is 793. The largest absolute Gasteiger partial charge is 0.419 e. The standard InChI is InChI=1S/C16H9F4NO/c17-14-9(4-3-6-12(14)16(18,19)20)8-11-10-5-1-2-7-13(10)21-15(11)22/h1-8H,(H,21,22)/b11-8-. The van der Waals surface area contributed by atoms with Crippen LogP contribution in [0.3, 0.4) is 0 Å². The predicted molar refractivity (Wildman–Crippen MR) is 74.3 cm³/mol. The van der Waals surface area contributed by atoms with Crippen LogP contribution in [-0.4, -0.2) is 5.91 Å². The molecule has 0 saturated carbocycles. The Morgan fingerprint density at radius 3 is 2.45 bits per heavy atom. The van der Waals surface area contributed by atoms with Crippen molar-refractivity contribution < 1.29 is 22.4 Å². The third kappa shape index (κ3) is 2.36. The average Bonchev–Trinajstić information content (AvgIpc) is 2.76. The van der Waals surface area contributed by atoms with Crippen LogP contribution in [0.2, 0.25) is 0 Å². The molecule has 1 aliphatic rings. The van der Waals surface area contributed by atoms with Crippen molar-refractivity contribution in [2.75, 3.05) is 5.32 Å². The van der Waals surface area contributed by atoms with Gasteiger partial charge in [-0.05, 0) is 18.2 Å². The van der Waals surface area contributed by atoms with E-state index in [0.29, 0.717) is 17.3 Å². The Hall–Kier alpha value is -2.63. The number of alkyl halides is 3. The molecule has 22 heavy (non-hydrogen) atoms. The predicted octanol–water partition coefficient (Wildman–Crippen LogP) is 4.34. The zero-order chi connectivity index (χ0) is 15.9. The van der Waals surface area contributed by atoms with Crippen molar-refractivity contribution in [3.8, 4) is 0 Å². The number of anilines is 1. The number of nitrogens with one attached hydrogen (secondary N) is 1. The smallest absolute Gasteiger partial charge is 0.321 e. The molecule has 6 heteroatoms. The lowest BCUT2D eigenvalue weighted by atomic mass is 10.0. The van der Waals surface area contributed by atoms with Gasteiger partial charge in [0.05, 0.1) is 5.56 Å². The van der Waals surface area contributed by atoms with Crippen LogP contribution in [0.4, 0.5) is 23.2 Å². The first-order chi connectivity index (χ1) is 10.4. The van der Waals surface area contributed by atoms with E-state index in [4.69, 9.17) is 0 Å². The number of halogens is 4. The summed E-state index contributed by atoms with van der Waals surface area (Å²) in [6.45, 7) is 0. The Labute approximate surface area is 123 Å². The molecule has 3 rings (SSSR count). The van der Waals surface area contributed by atoms with Crippen LogP contribution in [0.1, 0.15) is 16.7 Å². The summed E-state index contributed by atoms with van der Waals surface area (Å²) in [7, 11) is 0. The molecule has 0 unspecified atom stereocenters. The van der Waals surface area contributed by atoms with Gasteiger partial charge in [-0.1, -0.05) is 30.3 Å². The van der Waals surface area contributed by atoms with Crippen LogP contribution < -0.4 is 5.32 Å². The summed E-state index contributed by atoms with van der Waals surface area (Å²) in [5.74, 6) is -1.86. The fourth-order valence-electron chi connectivity index (χ4n) is 2.32. The van der Waals surface area contributed by atoms with Crippen LogP contribution in [-0.2, 0) is 11.0 Å². The normalized spacial score (nSPS) is 15.8. The monoisotopic (exact) mass is 307 g/mol. The van der Waals surface area contributed by atoms with E-state index >= 15 is 0 Å². The molecule has 0 radical (unpaired) electrons. The highest BCUT2D eigenvalue weighted by Crippen LogP contribution is 2.36. The number of rotatable bonds is 1. The SMILES string of the molecule is O=C1Nc2ccccc2/C1=C/c1cccc(C(F)(F)F)c1F. The molecule has 1 heterocycles. The molecule has 0 fully saturated rings. The third-order valence-electron chi connectivity index (χ3n) is 3.34. The van der Waals surface area contributed by atoms with Crippen LogP contribution >= 0.6 is 0 Å². The van der Waals surface area contributed by atoms with Gasteiger partial charge in [0.2, 0.25) is 0 Å². The molecular formula is C16H9F4NO. The van der Waals surface area contributed by atoms with Crippen LogP contribution in [0.25, 0.3) is 11.6 Å². The number of carbonyl (C=O) groups excluding carboxylic acids is 1. The van der Waals surface area contributed by atoms with Gasteiger partial charge in [-0.15, -0.1) is 0 Å². The second-order valence-electron chi connectivity index (χ2n) is 4.76. The lowest BCUT2D eigenvalue weighted by Crippen LogP contribution is -2.09. The molecule has 0 spiro atoms. The van der Waals surface area contributed by atoms with E-state index in [2.05, 4.69) is 5.32 Å². The minimum absolute atomic E-state index is 0.133. The molecule has 0 atom stereocenters. The van der Waals surface area contributed by atoms with Gasteiger partial charge >= 0.3 is 6.18 Å². The molecule has 1 N–H and O–H groups in total. The number of carbonyl (C=O) groups is 1. The molecule has 2 aromatic rings. The quantitative estimate of drug-likeness (QED) is 0.616. The van der Waals surface area contributed by atoms with Gasteiger partial charge in [0.25, 0.3) is 5.91 Å². The summed E-state index contributed by atoms with van der Waals surface area (Å²) in [6.07, 6.45) is -3.65. The zero-order valence-electron chi connectivity index (χ0n) is 11.0. The van der Waals surface area contributed by atoms with Crippen molar-refractivity contribution in [2.45, 2.75) is 6.18 Å². The van der Waals surface area contributed by atoms with Gasteiger partial charge < -0.3 is 5.32 Å². The van der Waals surface area contributed by atoms with Gasteiger partial charge in [0.15, 0.2) is 0 Å². The van der Waals surface area contributed by atoms with E-state index in [-0.39, 0.29) is 11.1 Å². The lowest BCUT2D eigenvalue weighted by Gasteiger charge is -2.09. The molecular weight excluding hydrogens is 298 g/mol. The molecule has 0 aliphatic carbocycles. The Morgan fingerprint density at radius 1 is 1.00 bits per heavy atom. The average molecular weight is 307 g/mol. The third-order valence-corrected chi connectivity index (χ3v) is 3.34. The maximum atomic E-state index is 14.0. The first kappa shape index (κ1) is 14.3. The van der Waals surface area contributed by atoms with E-state index in [0.717, 1.165) is 12.1 Å². The minimum atomic E-state index is -4.78. The lowest BCUT2D eigenvalue weighted by molar-refractivity contribution is -0.140. The number of hydrogen-bond donors (Lipinski definition) is 1. The van der Waals surface area contributed by atoms with Gasteiger partial charge in [0, 0.05) is 22.4 Å². The molecule has 1 aliphatic heterocycles. The minimum Gasteiger partial charge on any atom is -0.321 e. The number of hydrogen-bond acceptors (Lipinski definition) is 1. The maximum Gasteiger partial charge on any atom is 0.419 e. The van der Waals surface area contributed by atoms with Crippen molar-refractivity contribution in [3.05, 3.63) is 65.0 Å². The molecule has 0 aromatic heterocycles. The summed E-state index contributed by atoms with van der Waals surface area (Å²) < 4.78 is 52.2. The zero-order valence-corrected chi connectivity index (χ0v) is 11.0. The number of fused-ring (bicyclic) bond motifs is 1. The highest BCUT2D eigenvalue weighted by molar-refractivity contribution is 6.34. The van der Waals surface area contributed by atoms with Crippen LogP contribution in [0, 0.1) is 5.82 Å². The molecule has 0 bridgehead atoms. The maximum absolute atomic E-state index is 14.0. The Balaban J connectivity index is 2.13. The first-order valence-electron chi connectivity index (χ1n) is 6.36. The first-order valence-corrected chi connectivity index (χ1v) is 6.36. The second-order valence-corrected chi connectivity index (χ2v) is 4.76. The molecule has 2 nitrogen and oxygen atoms in total. The number of para-hydroxylation sites is 1. The van der Waals surface area contributed by atoms with Crippen molar-refractivity contribution in [1.29, 1.82) is 0 Å². The van der Waals surface area contributed by atoms with Gasteiger partial charge in [-0.3, -0.25) is 4.79 Å². The van der Waals surface area contributed by atoms with Crippen LogP contribution in [0.15, 0.2) is 42.5 Å². The van der Waals surface area contributed by atoms with Crippen molar-refractivity contribution >= 4 is 23.2 Å². The van der Waals surface area contributed by atoms with E-state index in [1.165, 1.54) is 6.07 Å². The Kier molecular flexibility index (Phi) is 3.24. The highest BCUT2D eigenvalue weighted by Gasteiger charge is 2.35. The van der Waals surface area contributed by atoms with Gasteiger partial charge in [-0.2, -0.15) is 13.2 Å². The summed E-state index contributed by atoms with van der Waals surface area (Å²) in [5.41, 5.74) is -0.422. The summed E-state index contributed by atoms with van der Waals surface area (Å²) in [6, 6.07) is 9.69. The number of benzene rings is 2. The fourth-order valence-corrected chi connectivity index (χ4v) is 2.32. The summed E-state index contributed by atoms with van der Waals surface area (Å²) in [5, 5.41) is 2.58. The fraction of sp³-hybridized carbons (Fsp3) is 0.0625.